The van der Waals surface area contributed by atoms with Crippen LogP contribution in [0.15, 0.2) is 24.3 Å². The zero-order chi connectivity index (χ0) is 21.1. The maximum Gasteiger partial charge on any atom is 0.276 e. The number of amides is 2. The predicted molar refractivity (Wildman–Crippen MR) is 115 cm³/mol. The van der Waals surface area contributed by atoms with E-state index in [2.05, 4.69) is 10.9 Å². The van der Waals surface area contributed by atoms with Gasteiger partial charge in [-0.1, -0.05) is 18.2 Å². The topological polar surface area (TPSA) is 76.7 Å². The third kappa shape index (κ3) is 4.63. The van der Waals surface area contributed by atoms with Crippen molar-refractivity contribution in [1.29, 1.82) is 0 Å². The first kappa shape index (κ1) is 20.8. The molecule has 4 saturated carbocycles. The van der Waals surface area contributed by atoms with Crippen LogP contribution in [0.4, 0.5) is 0 Å². The van der Waals surface area contributed by atoms with Gasteiger partial charge in [0.1, 0.15) is 0 Å². The van der Waals surface area contributed by atoms with E-state index < -0.39 is 5.91 Å². The summed E-state index contributed by atoms with van der Waals surface area (Å²) in [6.07, 6.45) is 12.0. The lowest BCUT2D eigenvalue weighted by Gasteiger charge is -2.56. The van der Waals surface area contributed by atoms with Crippen LogP contribution in [0.25, 0.3) is 6.08 Å². The minimum absolute atomic E-state index is 0.0985. The monoisotopic (exact) mass is 412 g/mol. The molecule has 0 heterocycles. The van der Waals surface area contributed by atoms with Crippen molar-refractivity contribution in [3.05, 3.63) is 29.8 Å². The molecule has 2 N–H and O–H groups in total. The Balaban J connectivity index is 1.24. The van der Waals surface area contributed by atoms with E-state index in [-0.39, 0.29) is 17.9 Å². The zero-order valence-electron chi connectivity index (χ0n) is 17.9. The second-order valence-electron chi connectivity index (χ2n) is 9.39. The minimum Gasteiger partial charge on any atom is -0.493 e. The molecule has 4 aliphatic rings. The Bertz CT molecular complexity index is 797. The van der Waals surface area contributed by atoms with Crippen molar-refractivity contribution in [1.82, 2.24) is 10.9 Å². The smallest absolute Gasteiger partial charge is 0.276 e. The number of ether oxygens (including phenoxy) is 2. The van der Waals surface area contributed by atoms with Gasteiger partial charge in [-0.2, -0.15) is 0 Å². The Morgan fingerprint density at radius 1 is 1.03 bits per heavy atom. The van der Waals surface area contributed by atoms with Crippen LogP contribution in [-0.2, 0) is 9.59 Å². The molecule has 1 aromatic carbocycles. The number of carbonyl (C=O) groups excluding carboxylic acids is 2. The second kappa shape index (κ2) is 8.70. The Kier molecular flexibility index (Phi) is 6.02. The Hall–Kier alpha value is -2.50. The summed E-state index contributed by atoms with van der Waals surface area (Å²) >= 11 is 0. The average Bonchev–Trinajstić information content (AvgIpc) is 2.70. The Morgan fingerprint density at radius 3 is 2.27 bits per heavy atom. The average molecular weight is 413 g/mol. The van der Waals surface area contributed by atoms with E-state index in [1.54, 1.807) is 13.2 Å². The summed E-state index contributed by atoms with van der Waals surface area (Å²) in [4.78, 5) is 24.7. The molecule has 30 heavy (non-hydrogen) atoms. The van der Waals surface area contributed by atoms with Gasteiger partial charge in [0.15, 0.2) is 18.1 Å². The molecule has 1 aromatic rings. The van der Waals surface area contributed by atoms with Crippen molar-refractivity contribution >= 4 is 17.9 Å². The van der Waals surface area contributed by atoms with E-state index in [1.807, 2.05) is 31.2 Å². The molecule has 0 aliphatic heterocycles. The van der Waals surface area contributed by atoms with Crippen LogP contribution in [0, 0.1) is 23.2 Å². The van der Waals surface area contributed by atoms with Crippen LogP contribution < -0.4 is 20.3 Å². The SMILES string of the molecule is C/C=C/c1ccc(OCC(=O)NNC(=O)CC23CC4CC(CC(C4)C2)C3)c(OC)c1. The third-order valence-electron chi connectivity index (χ3n) is 6.95. The highest BCUT2D eigenvalue weighted by atomic mass is 16.5. The number of hydrogen-bond acceptors (Lipinski definition) is 4. The maximum absolute atomic E-state index is 12.5. The molecule has 6 nitrogen and oxygen atoms in total. The van der Waals surface area contributed by atoms with Gasteiger partial charge in [0, 0.05) is 6.42 Å². The second-order valence-corrected chi connectivity index (χ2v) is 9.39. The van der Waals surface area contributed by atoms with Crippen molar-refractivity contribution in [2.24, 2.45) is 23.2 Å². The fourth-order valence-electron chi connectivity index (χ4n) is 6.31. The van der Waals surface area contributed by atoms with Crippen LogP contribution in [0.3, 0.4) is 0 Å². The van der Waals surface area contributed by atoms with E-state index in [4.69, 9.17) is 9.47 Å². The lowest BCUT2D eigenvalue weighted by molar-refractivity contribution is -0.134. The first-order valence-electron chi connectivity index (χ1n) is 11.0. The van der Waals surface area contributed by atoms with Gasteiger partial charge in [-0.15, -0.1) is 0 Å². The van der Waals surface area contributed by atoms with Gasteiger partial charge in [0.05, 0.1) is 7.11 Å². The van der Waals surface area contributed by atoms with Crippen LogP contribution >= 0.6 is 0 Å². The molecule has 0 spiro atoms. The number of allylic oxidation sites excluding steroid dienone is 1. The fourth-order valence-corrected chi connectivity index (χ4v) is 6.31. The van der Waals surface area contributed by atoms with Crippen molar-refractivity contribution in [2.45, 2.75) is 51.9 Å². The molecular weight excluding hydrogens is 380 g/mol. The summed E-state index contributed by atoms with van der Waals surface area (Å²) in [6, 6.07) is 5.51. The van der Waals surface area contributed by atoms with Crippen LogP contribution in [0.2, 0.25) is 0 Å². The molecule has 0 radical (unpaired) electrons. The van der Waals surface area contributed by atoms with Gasteiger partial charge in [-0.25, -0.2) is 0 Å². The summed E-state index contributed by atoms with van der Waals surface area (Å²) in [5, 5.41) is 0. The maximum atomic E-state index is 12.5. The first-order valence-corrected chi connectivity index (χ1v) is 11.0. The van der Waals surface area contributed by atoms with Gasteiger partial charge < -0.3 is 9.47 Å². The molecule has 2 amide bonds. The van der Waals surface area contributed by atoms with Gasteiger partial charge >= 0.3 is 0 Å². The van der Waals surface area contributed by atoms with Gasteiger partial charge in [-0.3, -0.25) is 20.4 Å². The molecule has 0 atom stereocenters. The quantitative estimate of drug-likeness (QED) is 0.667. The molecule has 4 aliphatic carbocycles. The minimum atomic E-state index is -0.395. The largest absolute Gasteiger partial charge is 0.493 e. The summed E-state index contributed by atoms with van der Waals surface area (Å²) in [5.41, 5.74) is 6.22. The fraction of sp³-hybridized carbons (Fsp3) is 0.583. The standard InChI is InChI=1S/C24H32N2O4/c1-3-4-16-5-6-20(21(10-16)29-2)30-15-23(28)26-25-22(27)14-24-11-17-7-18(12-24)9-19(8-17)13-24/h3-6,10,17-19H,7-9,11-15H2,1-2H3,(H,25,27)(H,26,28)/b4-3+. The number of rotatable bonds is 7. The predicted octanol–water partition coefficient (Wildman–Crippen LogP) is 3.86. The molecule has 4 fully saturated rings. The number of benzene rings is 1. The lowest BCUT2D eigenvalue weighted by atomic mass is 9.49. The number of methoxy groups -OCH3 is 1. The number of nitrogens with one attached hydrogen (secondary N) is 2. The Labute approximate surface area is 178 Å². The zero-order valence-corrected chi connectivity index (χ0v) is 17.9. The molecule has 0 aromatic heterocycles. The van der Waals surface area contributed by atoms with Gasteiger partial charge in [0.2, 0.25) is 5.91 Å². The van der Waals surface area contributed by atoms with Gasteiger partial charge in [0.25, 0.3) is 5.91 Å². The summed E-state index contributed by atoms with van der Waals surface area (Å²) < 4.78 is 10.9. The van der Waals surface area contributed by atoms with E-state index >= 15 is 0 Å². The molecule has 4 bridgehead atoms. The number of hydrogen-bond donors (Lipinski definition) is 2. The first-order chi connectivity index (χ1) is 14.5. The van der Waals surface area contributed by atoms with E-state index in [0.29, 0.717) is 17.9 Å². The lowest BCUT2D eigenvalue weighted by Crippen LogP contribution is -2.50. The summed E-state index contributed by atoms with van der Waals surface area (Å²) in [6.45, 7) is 1.75. The summed E-state index contributed by atoms with van der Waals surface area (Å²) in [5.74, 6) is 2.97. The van der Waals surface area contributed by atoms with E-state index in [9.17, 15) is 9.59 Å². The van der Waals surface area contributed by atoms with Crippen LogP contribution in [0.5, 0.6) is 11.5 Å². The van der Waals surface area contributed by atoms with Gasteiger partial charge in [-0.05, 0) is 86.3 Å². The number of hydrazine groups is 1. The molecule has 0 unspecified atom stereocenters. The van der Waals surface area contributed by atoms with E-state index in [1.165, 1.54) is 38.5 Å². The van der Waals surface area contributed by atoms with Crippen LogP contribution in [-0.4, -0.2) is 25.5 Å². The van der Waals surface area contributed by atoms with E-state index in [0.717, 1.165) is 23.3 Å². The molecule has 5 rings (SSSR count). The molecule has 0 saturated heterocycles. The molecule has 6 heteroatoms. The highest BCUT2D eigenvalue weighted by molar-refractivity contribution is 5.83. The van der Waals surface area contributed by atoms with Crippen molar-refractivity contribution < 1.29 is 19.1 Å². The van der Waals surface area contributed by atoms with Crippen molar-refractivity contribution in [3.8, 4) is 11.5 Å². The van der Waals surface area contributed by atoms with Crippen molar-refractivity contribution in [3.63, 3.8) is 0 Å². The summed E-state index contributed by atoms with van der Waals surface area (Å²) in [7, 11) is 1.56. The van der Waals surface area contributed by atoms with Crippen LogP contribution in [0.1, 0.15) is 57.4 Å². The third-order valence-corrected chi connectivity index (χ3v) is 6.95. The normalized spacial score (nSPS) is 29.1. The number of carbonyl (C=O) groups is 2. The molecular formula is C24H32N2O4. The Morgan fingerprint density at radius 2 is 1.67 bits per heavy atom. The molecule has 162 valence electrons. The van der Waals surface area contributed by atoms with Crippen molar-refractivity contribution in [2.75, 3.05) is 13.7 Å². The highest BCUT2D eigenvalue weighted by Crippen LogP contribution is 2.61. The highest BCUT2D eigenvalue weighted by Gasteiger charge is 2.51.